The van der Waals surface area contributed by atoms with Gasteiger partial charge in [-0.1, -0.05) is 12.1 Å². The minimum absolute atomic E-state index is 0.0382. The van der Waals surface area contributed by atoms with Crippen molar-refractivity contribution < 1.29 is 52.1 Å². The lowest BCUT2D eigenvalue weighted by molar-refractivity contribution is -0.0501. The molecule has 0 amide bonds. The van der Waals surface area contributed by atoms with Gasteiger partial charge in [0.1, 0.15) is 11.3 Å². The first-order valence-corrected chi connectivity index (χ1v) is 19.9. The normalized spacial score (nSPS) is 18.5. The Morgan fingerprint density at radius 2 is 1.58 bits per heavy atom. The number of hydrogen-bond acceptors (Lipinski definition) is 10. The molecule has 1 aliphatic carbocycles. The van der Waals surface area contributed by atoms with Gasteiger partial charge in [0, 0.05) is 17.5 Å². The number of methoxy groups -OCH3 is 1. The van der Waals surface area contributed by atoms with Gasteiger partial charge in [-0.05, 0) is 92.6 Å². The van der Waals surface area contributed by atoms with E-state index in [4.69, 9.17) is 4.74 Å². The Kier molecular flexibility index (Phi) is 9.13. The highest BCUT2D eigenvalue weighted by Crippen LogP contribution is 2.46. The Morgan fingerprint density at radius 1 is 0.923 bits per heavy atom. The summed E-state index contributed by atoms with van der Waals surface area (Å²) in [5, 5.41) is 0. The third-order valence-corrected chi connectivity index (χ3v) is 13.1. The fourth-order valence-electron chi connectivity index (χ4n) is 6.90. The van der Waals surface area contributed by atoms with Crippen molar-refractivity contribution in [2.45, 2.75) is 67.0 Å². The van der Waals surface area contributed by atoms with Gasteiger partial charge >= 0.3 is 31.2 Å². The predicted octanol–water partition coefficient (Wildman–Crippen LogP) is 5.45. The molecular weight excluding hydrogens is 763 g/mol. The van der Waals surface area contributed by atoms with Crippen LogP contribution in [0.1, 0.15) is 41.6 Å². The van der Waals surface area contributed by atoms with Gasteiger partial charge in [0.2, 0.25) is 0 Å². The maximum atomic E-state index is 14.5. The Morgan fingerprint density at radius 3 is 2.15 bits per heavy atom. The zero-order valence-electron chi connectivity index (χ0n) is 27.3. The number of aryl methyl sites for hydroxylation is 2. The highest BCUT2D eigenvalue weighted by Gasteiger charge is 2.52. The third-order valence-electron chi connectivity index (χ3n) is 9.63. The molecular formula is C32H30F6N4O7S3. The highest BCUT2D eigenvalue weighted by atomic mass is 32.2. The summed E-state index contributed by atoms with van der Waals surface area (Å²) in [4.78, 5) is 20.7. The topological polar surface area (TPSA) is 130 Å². The molecule has 4 heterocycles. The van der Waals surface area contributed by atoms with Gasteiger partial charge in [0.05, 0.1) is 29.6 Å². The highest BCUT2D eigenvalue weighted by molar-refractivity contribution is 7.99. The number of likely N-dealkylation sites (tertiary alicyclic amines) is 1. The number of ether oxygens (including phenoxy) is 1. The molecule has 0 saturated carbocycles. The van der Waals surface area contributed by atoms with Gasteiger partial charge in [-0.3, -0.25) is 4.79 Å². The molecule has 2 aliphatic heterocycles. The molecule has 3 aliphatic rings. The van der Waals surface area contributed by atoms with Crippen LogP contribution in [0.4, 0.5) is 26.3 Å². The van der Waals surface area contributed by atoms with Crippen molar-refractivity contribution in [1.29, 1.82) is 0 Å². The summed E-state index contributed by atoms with van der Waals surface area (Å²) in [6.45, 7) is 1.57. The van der Waals surface area contributed by atoms with Crippen molar-refractivity contribution in [3.8, 4) is 22.9 Å². The van der Waals surface area contributed by atoms with E-state index in [1.54, 1.807) is 24.3 Å². The number of nitrogens with zero attached hydrogens (tertiary/aromatic N) is 4. The van der Waals surface area contributed by atoms with Gasteiger partial charge in [0.15, 0.2) is 11.6 Å². The van der Waals surface area contributed by atoms with Gasteiger partial charge in [0.25, 0.3) is 5.56 Å². The Labute approximate surface area is 297 Å². The lowest BCUT2D eigenvalue weighted by atomic mass is 10.0. The lowest BCUT2D eigenvalue weighted by Gasteiger charge is -2.38. The maximum absolute atomic E-state index is 14.5. The minimum atomic E-state index is -6.52. The zero-order valence-corrected chi connectivity index (χ0v) is 29.7. The fourth-order valence-corrected chi connectivity index (χ4v) is 9.56. The van der Waals surface area contributed by atoms with Crippen LogP contribution in [0.2, 0.25) is 0 Å². The molecule has 2 aromatic heterocycles. The second-order valence-electron chi connectivity index (χ2n) is 12.7. The third kappa shape index (κ3) is 6.23. The molecule has 0 N–H and O–H groups in total. The van der Waals surface area contributed by atoms with E-state index in [-0.39, 0.29) is 44.8 Å². The molecule has 11 nitrogen and oxygen atoms in total. The number of imidazole rings is 1. The molecule has 280 valence electrons. The van der Waals surface area contributed by atoms with Gasteiger partial charge in [-0.2, -0.15) is 43.2 Å². The average Bonchev–Trinajstić information content (AvgIpc) is 3.62. The van der Waals surface area contributed by atoms with E-state index in [2.05, 4.69) is 14.1 Å². The molecule has 0 radical (unpaired) electrons. The monoisotopic (exact) mass is 792 g/mol. The van der Waals surface area contributed by atoms with Crippen molar-refractivity contribution >= 4 is 42.9 Å². The van der Waals surface area contributed by atoms with E-state index in [1.807, 2.05) is 0 Å². The van der Waals surface area contributed by atoms with Gasteiger partial charge < -0.3 is 18.4 Å². The smallest absolute Gasteiger partial charge is 0.497 e. The summed E-state index contributed by atoms with van der Waals surface area (Å²) in [6, 6.07) is 9.15. The zero-order chi connectivity index (χ0) is 37.4. The second-order valence-corrected chi connectivity index (χ2v) is 17.1. The molecule has 4 aromatic rings. The molecule has 0 bridgehead atoms. The van der Waals surface area contributed by atoms with Crippen LogP contribution in [-0.2, 0) is 45.9 Å². The van der Waals surface area contributed by atoms with Crippen LogP contribution >= 0.6 is 11.8 Å². The molecule has 1 unspecified atom stereocenters. The van der Waals surface area contributed by atoms with E-state index >= 15 is 0 Å². The maximum Gasteiger partial charge on any atom is 0.534 e. The summed E-state index contributed by atoms with van der Waals surface area (Å²) in [5.74, 6) is -1.90. The molecule has 52 heavy (non-hydrogen) atoms. The molecule has 1 fully saturated rings. The number of thioether (sulfide) groups is 1. The number of alkyl halides is 6. The number of fused-ring (bicyclic) bond motifs is 3. The summed E-state index contributed by atoms with van der Waals surface area (Å²) in [5.41, 5.74) is -13.6. The van der Waals surface area contributed by atoms with E-state index in [0.717, 1.165) is 42.3 Å². The van der Waals surface area contributed by atoms with Gasteiger partial charge in [-0.25, -0.2) is 8.96 Å². The molecule has 20 heteroatoms. The molecule has 0 spiro atoms. The molecule has 1 saturated heterocycles. The standard InChI is InChI=1S/C32H30F6N4O7S3/c1-48-22-9-3-18(4-10-22)17-41-24-11-14-50-28(24)27(49-52(46,47)32(36,37)38)26(30(41)43)29-39-23-15-19-5-7-21(40-12-2-13-40)8-6-20(19)16-25(23)42(29)51(44,45)31(33,34)35/h3-4,9-10,15-16,21H,2,5-8,11-14,17H2,1H3. The van der Waals surface area contributed by atoms with Crippen molar-refractivity contribution in [1.82, 2.24) is 18.4 Å². The molecule has 7 rings (SSSR count). The number of hydrogen-bond donors (Lipinski definition) is 0. The quantitative estimate of drug-likeness (QED) is 0.0984. The Balaban J connectivity index is 1.51. The number of pyridine rings is 1. The largest absolute Gasteiger partial charge is 0.534 e. The molecule has 1 atom stereocenters. The van der Waals surface area contributed by atoms with Crippen LogP contribution in [0.15, 0.2) is 46.1 Å². The van der Waals surface area contributed by atoms with Crippen molar-refractivity contribution in [3.63, 3.8) is 0 Å². The number of halogens is 6. The van der Waals surface area contributed by atoms with Crippen LogP contribution < -0.4 is 14.5 Å². The number of aromatic nitrogens is 3. The minimum Gasteiger partial charge on any atom is -0.497 e. The predicted molar refractivity (Wildman–Crippen MR) is 179 cm³/mol. The van der Waals surface area contributed by atoms with Crippen molar-refractivity contribution in [3.05, 3.63) is 69.1 Å². The first kappa shape index (κ1) is 36.6. The van der Waals surface area contributed by atoms with Crippen LogP contribution in [0.5, 0.6) is 11.5 Å². The van der Waals surface area contributed by atoms with Crippen molar-refractivity contribution in [2.75, 3.05) is 26.0 Å². The summed E-state index contributed by atoms with van der Waals surface area (Å²) in [6.07, 6.45) is 3.34. The summed E-state index contributed by atoms with van der Waals surface area (Å²) >= 11 is 0.802. The first-order chi connectivity index (χ1) is 24.4. The van der Waals surface area contributed by atoms with Crippen LogP contribution in [0.25, 0.3) is 22.4 Å². The van der Waals surface area contributed by atoms with E-state index in [1.165, 1.54) is 19.2 Å². The van der Waals surface area contributed by atoms with E-state index < -0.39 is 59.4 Å². The van der Waals surface area contributed by atoms with E-state index in [0.29, 0.717) is 41.7 Å². The van der Waals surface area contributed by atoms with Crippen molar-refractivity contribution in [2.24, 2.45) is 0 Å². The van der Waals surface area contributed by atoms with Crippen LogP contribution in [0.3, 0.4) is 0 Å². The number of benzene rings is 2. The van der Waals surface area contributed by atoms with E-state index in [9.17, 15) is 48.0 Å². The number of rotatable bonds is 8. The van der Waals surface area contributed by atoms with Gasteiger partial charge in [-0.15, -0.1) is 11.8 Å². The fraction of sp³-hybridized carbons (Fsp3) is 0.438. The average molecular weight is 793 g/mol. The Bertz CT molecular complexity index is 2350. The summed E-state index contributed by atoms with van der Waals surface area (Å²) < 4.78 is 147. The SMILES string of the molecule is COc1ccc(Cn2c3c(c(OS(=O)(=O)C(F)(F)F)c(-c4nc5cc6c(cc5n4S(=O)(=O)C(F)(F)F)CCC(N4CCC4)CC6)c2=O)SCC3)cc1. The first-order valence-electron chi connectivity index (χ1n) is 16.1. The second kappa shape index (κ2) is 13.0. The van der Waals surface area contributed by atoms with Crippen LogP contribution in [-0.4, -0.2) is 78.3 Å². The Hall–Kier alpha value is -3.75. The van der Waals surface area contributed by atoms with Crippen LogP contribution in [0, 0.1) is 0 Å². The summed E-state index contributed by atoms with van der Waals surface area (Å²) in [7, 11) is -11.5. The lowest BCUT2D eigenvalue weighted by Crippen LogP contribution is -2.45. The molecule has 2 aromatic carbocycles.